The van der Waals surface area contributed by atoms with Crippen molar-refractivity contribution in [3.05, 3.63) is 29.3 Å². The number of halogens is 1. The fourth-order valence-corrected chi connectivity index (χ4v) is 2.94. The monoisotopic (exact) mass is 312 g/mol. The molecule has 3 nitrogen and oxygen atoms in total. The summed E-state index contributed by atoms with van der Waals surface area (Å²) in [6, 6.07) is 7.01. The third-order valence-electron chi connectivity index (χ3n) is 4.27. The van der Waals surface area contributed by atoms with Gasteiger partial charge in [0.25, 0.3) is 0 Å². The van der Waals surface area contributed by atoms with Crippen molar-refractivity contribution < 1.29 is 4.74 Å². The van der Waals surface area contributed by atoms with Crippen LogP contribution in [0.2, 0.25) is 0 Å². The molecule has 1 aromatic rings. The molecule has 0 saturated carbocycles. The van der Waals surface area contributed by atoms with Gasteiger partial charge in [-0.05, 0) is 64.4 Å². The maximum atomic E-state index is 6.00. The molecule has 1 aliphatic rings. The highest BCUT2D eigenvalue weighted by molar-refractivity contribution is 5.85. The Kier molecular flexibility index (Phi) is 8.09. The van der Waals surface area contributed by atoms with E-state index in [1.807, 2.05) is 0 Å². The first-order chi connectivity index (χ1) is 9.68. The number of hydrogen-bond acceptors (Lipinski definition) is 3. The van der Waals surface area contributed by atoms with Crippen molar-refractivity contribution in [3.63, 3.8) is 0 Å². The Morgan fingerprint density at radius 3 is 2.62 bits per heavy atom. The molecule has 1 aromatic carbocycles. The van der Waals surface area contributed by atoms with Crippen LogP contribution in [0, 0.1) is 13.8 Å². The van der Waals surface area contributed by atoms with E-state index in [4.69, 9.17) is 4.74 Å². The second kappa shape index (κ2) is 9.29. The van der Waals surface area contributed by atoms with Gasteiger partial charge >= 0.3 is 0 Å². The van der Waals surface area contributed by atoms with Crippen molar-refractivity contribution in [3.8, 4) is 5.75 Å². The average molecular weight is 313 g/mol. The minimum Gasteiger partial charge on any atom is -0.492 e. The summed E-state index contributed by atoms with van der Waals surface area (Å²) in [6.45, 7) is 8.31. The molecule has 1 atom stereocenters. The molecule has 4 heteroatoms. The fourth-order valence-electron chi connectivity index (χ4n) is 2.94. The zero-order valence-corrected chi connectivity index (χ0v) is 14.3. The lowest BCUT2D eigenvalue weighted by molar-refractivity contribution is 0.179. The Balaban J connectivity index is 0.00000220. The SMILES string of the molecule is Cc1cccc(C)c1OCCN(C)C1CCCNCC1.Cl. The van der Waals surface area contributed by atoms with Crippen LogP contribution in [-0.4, -0.2) is 44.2 Å². The molecule has 0 aliphatic carbocycles. The van der Waals surface area contributed by atoms with Crippen molar-refractivity contribution >= 4 is 12.4 Å². The molecule has 1 unspecified atom stereocenters. The zero-order valence-electron chi connectivity index (χ0n) is 13.5. The summed E-state index contributed by atoms with van der Waals surface area (Å²) < 4.78 is 6.00. The lowest BCUT2D eigenvalue weighted by Gasteiger charge is -2.27. The van der Waals surface area contributed by atoms with Crippen LogP contribution in [0.4, 0.5) is 0 Å². The van der Waals surface area contributed by atoms with Gasteiger partial charge in [-0.25, -0.2) is 0 Å². The van der Waals surface area contributed by atoms with Crippen LogP contribution in [0.1, 0.15) is 30.4 Å². The Morgan fingerprint density at radius 1 is 1.19 bits per heavy atom. The molecular formula is C17H29ClN2O. The van der Waals surface area contributed by atoms with Crippen molar-refractivity contribution in [1.29, 1.82) is 0 Å². The van der Waals surface area contributed by atoms with Crippen LogP contribution in [0.5, 0.6) is 5.75 Å². The Hall–Kier alpha value is -0.770. The highest BCUT2D eigenvalue weighted by atomic mass is 35.5. The molecule has 0 spiro atoms. The summed E-state index contributed by atoms with van der Waals surface area (Å²) in [5.74, 6) is 1.06. The molecule has 0 radical (unpaired) electrons. The highest BCUT2D eigenvalue weighted by Crippen LogP contribution is 2.22. The molecule has 1 heterocycles. The van der Waals surface area contributed by atoms with Gasteiger partial charge in [0.05, 0.1) is 0 Å². The van der Waals surface area contributed by atoms with Crippen LogP contribution in [-0.2, 0) is 0 Å². The first-order valence-electron chi connectivity index (χ1n) is 7.78. The summed E-state index contributed by atoms with van der Waals surface area (Å²) in [5.41, 5.74) is 2.46. The summed E-state index contributed by atoms with van der Waals surface area (Å²) in [6.07, 6.45) is 3.83. The van der Waals surface area contributed by atoms with Crippen LogP contribution in [0.25, 0.3) is 0 Å². The topological polar surface area (TPSA) is 24.5 Å². The Labute approximate surface area is 135 Å². The Morgan fingerprint density at radius 2 is 1.90 bits per heavy atom. The molecule has 0 amide bonds. The van der Waals surface area contributed by atoms with E-state index < -0.39 is 0 Å². The third-order valence-corrected chi connectivity index (χ3v) is 4.27. The van der Waals surface area contributed by atoms with Gasteiger partial charge in [-0.1, -0.05) is 18.2 Å². The number of hydrogen-bond donors (Lipinski definition) is 1. The molecule has 120 valence electrons. The van der Waals surface area contributed by atoms with E-state index in [2.05, 4.69) is 49.3 Å². The van der Waals surface area contributed by atoms with Gasteiger partial charge in [0.2, 0.25) is 0 Å². The molecule has 1 fully saturated rings. The average Bonchev–Trinajstić information content (AvgIpc) is 2.71. The van der Waals surface area contributed by atoms with Gasteiger partial charge in [-0.15, -0.1) is 12.4 Å². The molecular weight excluding hydrogens is 284 g/mol. The van der Waals surface area contributed by atoms with Gasteiger partial charge in [0.1, 0.15) is 12.4 Å². The predicted molar refractivity (Wildman–Crippen MR) is 91.8 cm³/mol. The van der Waals surface area contributed by atoms with Crippen LogP contribution in [0.3, 0.4) is 0 Å². The normalized spacial score (nSPS) is 19.0. The molecule has 1 saturated heterocycles. The van der Waals surface area contributed by atoms with Gasteiger partial charge in [-0.2, -0.15) is 0 Å². The van der Waals surface area contributed by atoms with E-state index in [1.54, 1.807) is 0 Å². The van der Waals surface area contributed by atoms with E-state index in [9.17, 15) is 0 Å². The predicted octanol–water partition coefficient (Wildman–Crippen LogP) is 3.18. The van der Waals surface area contributed by atoms with E-state index in [1.165, 1.54) is 36.9 Å². The quantitative estimate of drug-likeness (QED) is 0.904. The van der Waals surface area contributed by atoms with E-state index >= 15 is 0 Å². The number of nitrogens with one attached hydrogen (secondary N) is 1. The second-order valence-electron chi connectivity index (χ2n) is 5.88. The Bertz CT molecular complexity index is 397. The van der Waals surface area contributed by atoms with Crippen LogP contribution < -0.4 is 10.1 Å². The van der Waals surface area contributed by atoms with E-state index in [-0.39, 0.29) is 12.4 Å². The third kappa shape index (κ3) is 5.50. The first-order valence-corrected chi connectivity index (χ1v) is 7.78. The number of ether oxygens (including phenoxy) is 1. The maximum absolute atomic E-state index is 6.00. The van der Waals surface area contributed by atoms with Crippen molar-refractivity contribution in [2.75, 3.05) is 33.3 Å². The summed E-state index contributed by atoms with van der Waals surface area (Å²) >= 11 is 0. The first kappa shape index (κ1) is 18.3. The smallest absolute Gasteiger partial charge is 0.125 e. The second-order valence-corrected chi connectivity index (χ2v) is 5.88. The zero-order chi connectivity index (χ0) is 14.4. The number of nitrogens with zero attached hydrogens (tertiary/aromatic N) is 1. The lowest BCUT2D eigenvalue weighted by atomic mass is 10.1. The number of likely N-dealkylation sites (N-methyl/N-ethyl adjacent to an activating group) is 1. The van der Waals surface area contributed by atoms with Gasteiger partial charge in [-0.3, -0.25) is 4.90 Å². The number of rotatable bonds is 5. The van der Waals surface area contributed by atoms with Gasteiger partial charge in [0, 0.05) is 12.6 Å². The summed E-state index contributed by atoms with van der Waals surface area (Å²) in [7, 11) is 2.23. The minimum atomic E-state index is 0. The molecule has 0 bridgehead atoms. The van der Waals surface area contributed by atoms with E-state index in [0.717, 1.165) is 25.4 Å². The molecule has 2 rings (SSSR count). The molecule has 1 aliphatic heterocycles. The maximum Gasteiger partial charge on any atom is 0.125 e. The molecule has 1 N–H and O–H groups in total. The largest absolute Gasteiger partial charge is 0.492 e. The summed E-state index contributed by atoms with van der Waals surface area (Å²) in [5, 5.41) is 3.47. The molecule has 0 aromatic heterocycles. The lowest BCUT2D eigenvalue weighted by Crippen LogP contribution is -2.35. The van der Waals surface area contributed by atoms with Crippen molar-refractivity contribution in [2.24, 2.45) is 0 Å². The van der Waals surface area contributed by atoms with Gasteiger partial charge in [0.15, 0.2) is 0 Å². The van der Waals surface area contributed by atoms with Crippen LogP contribution in [0.15, 0.2) is 18.2 Å². The standard InChI is InChI=1S/C17H28N2O.ClH/c1-14-6-4-7-15(2)17(14)20-13-12-19(3)16-8-5-10-18-11-9-16;/h4,6-7,16,18H,5,8-13H2,1-3H3;1H. The van der Waals surface area contributed by atoms with Crippen molar-refractivity contribution in [2.45, 2.75) is 39.2 Å². The molecule has 21 heavy (non-hydrogen) atoms. The summed E-state index contributed by atoms with van der Waals surface area (Å²) in [4.78, 5) is 2.46. The number of benzene rings is 1. The van der Waals surface area contributed by atoms with E-state index in [0.29, 0.717) is 6.04 Å². The van der Waals surface area contributed by atoms with Crippen molar-refractivity contribution in [1.82, 2.24) is 10.2 Å². The minimum absolute atomic E-state index is 0. The van der Waals surface area contributed by atoms with Gasteiger partial charge < -0.3 is 10.1 Å². The number of para-hydroxylation sites is 1. The van der Waals surface area contributed by atoms with Crippen LogP contribution >= 0.6 is 12.4 Å². The highest BCUT2D eigenvalue weighted by Gasteiger charge is 2.16. The number of aryl methyl sites for hydroxylation is 2. The fraction of sp³-hybridized carbons (Fsp3) is 0.647.